The summed E-state index contributed by atoms with van der Waals surface area (Å²) in [5.74, 6) is 0. The van der Waals surface area contributed by atoms with Gasteiger partial charge in [-0.05, 0) is 12.8 Å². The Morgan fingerprint density at radius 1 is 1.60 bits per heavy atom. The molecule has 1 atom stereocenters. The van der Waals surface area contributed by atoms with Crippen molar-refractivity contribution in [2.24, 2.45) is 12.8 Å². The number of hydrogen-bond donors (Lipinski definition) is 1. The van der Waals surface area contributed by atoms with Crippen LogP contribution >= 0.6 is 0 Å². The highest BCUT2D eigenvalue weighted by Gasteiger charge is 2.21. The second-order valence-corrected chi connectivity index (χ2v) is 4.21. The Kier molecular flexibility index (Phi) is 3.38. The SMILES string of the molecule is Cn1cc(C(CN)OC2CCCC2)cn1. The largest absolute Gasteiger partial charge is 0.369 e. The fraction of sp³-hybridized carbons (Fsp3) is 0.727. The molecule has 1 aliphatic rings. The molecule has 1 heterocycles. The lowest BCUT2D eigenvalue weighted by Crippen LogP contribution is -2.20. The minimum absolute atomic E-state index is 0.0156. The van der Waals surface area contributed by atoms with Gasteiger partial charge in [0.1, 0.15) is 0 Å². The van der Waals surface area contributed by atoms with Gasteiger partial charge in [-0.1, -0.05) is 12.8 Å². The van der Waals surface area contributed by atoms with E-state index >= 15 is 0 Å². The maximum atomic E-state index is 5.98. The van der Waals surface area contributed by atoms with Gasteiger partial charge in [0.25, 0.3) is 0 Å². The third-order valence-corrected chi connectivity index (χ3v) is 2.97. The molecule has 4 heteroatoms. The van der Waals surface area contributed by atoms with Crippen molar-refractivity contribution >= 4 is 0 Å². The minimum atomic E-state index is 0.0156. The Hall–Kier alpha value is -0.870. The van der Waals surface area contributed by atoms with Crippen molar-refractivity contribution in [3.63, 3.8) is 0 Å². The summed E-state index contributed by atoms with van der Waals surface area (Å²) in [6.07, 6.45) is 9.16. The Bertz CT molecular complexity index is 305. The van der Waals surface area contributed by atoms with Gasteiger partial charge in [-0.25, -0.2) is 0 Å². The smallest absolute Gasteiger partial charge is 0.0981 e. The van der Waals surface area contributed by atoms with Crippen molar-refractivity contribution in [3.05, 3.63) is 18.0 Å². The predicted molar refractivity (Wildman–Crippen MR) is 58.3 cm³/mol. The molecule has 0 radical (unpaired) electrons. The van der Waals surface area contributed by atoms with Gasteiger partial charge >= 0.3 is 0 Å². The molecule has 1 aromatic rings. The zero-order chi connectivity index (χ0) is 10.7. The fourth-order valence-electron chi connectivity index (χ4n) is 2.13. The van der Waals surface area contributed by atoms with E-state index in [1.54, 1.807) is 4.68 Å². The summed E-state index contributed by atoms with van der Waals surface area (Å²) in [5.41, 5.74) is 6.82. The number of aryl methyl sites for hydroxylation is 1. The number of hydrogen-bond acceptors (Lipinski definition) is 3. The first-order valence-corrected chi connectivity index (χ1v) is 5.63. The molecule has 0 saturated heterocycles. The fourth-order valence-corrected chi connectivity index (χ4v) is 2.13. The lowest BCUT2D eigenvalue weighted by Gasteiger charge is -2.19. The normalized spacial score (nSPS) is 19.6. The number of ether oxygens (including phenoxy) is 1. The highest BCUT2D eigenvalue weighted by molar-refractivity contribution is 5.08. The van der Waals surface area contributed by atoms with Gasteiger partial charge in [0.15, 0.2) is 0 Å². The number of nitrogens with two attached hydrogens (primary N) is 1. The molecule has 0 amide bonds. The zero-order valence-corrected chi connectivity index (χ0v) is 9.22. The predicted octanol–water partition coefficient (Wildman–Crippen LogP) is 1.38. The van der Waals surface area contributed by atoms with Crippen molar-refractivity contribution in [2.75, 3.05) is 6.54 Å². The molecule has 2 N–H and O–H groups in total. The molecule has 1 fully saturated rings. The molecule has 1 saturated carbocycles. The lowest BCUT2D eigenvalue weighted by molar-refractivity contribution is -0.00440. The van der Waals surface area contributed by atoms with Gasteiger partial charge in [0.2, 0.25) is 0 Å². The van der Waals surface area contributed by atoms with Gasteiger partial charge in [-0.3, -0.25) is 4.68 Å². The van der Waals surface area contributed by atoms with E-state index in [9.17, 15) is 0 Å². The summed E-state index contributed by atoms with van der Waals surface area (Å²) in [7, 11) is 1.91. The van der Waals surface area contributed by atoms with E-state index in [4.69, 9.17) is 10.5 Å². The third-order valence-electron chi connectivity index (χ3n) is 2.97. The van der Waals surface area contributed by atoms with Crippen molar-refractivity contribution in [1.82, 2.24) is 9.78 Å². The molecule has 1 aliphatic carbocycles. The van der Waals surface area contributed by atoms with Gasteiger partial charge < -0.3 is 10.5 Å². The molecule has 15 heavy (non-hydrogen) atoms. The first-order chi connectivity index (χ1) is 7.29. The molecule has 0 bridgehead atoms. The topological polar surface area (TPSA) is 53.1 Å². The van der Waals surface area contributed by atoms with Gasteiger partial charge in [0, 0.05) is 25.4 Å². The Morgan fingerprint density at radius 2 is 2.33 bits per heavy atom. The summed E-state index contributed by atoms with van der Waals surface area (Å²) >= 11 is 0. The van der Waals surface area contributed by atoms with Crippen molar-refractivity contribution in [1.29, 1.82) is 0 Å². The lowest BCUT2D eigenvalue weighted by atomic mass is 10.2. The van der Waals surface area contributed by atoms with E-state index in [0.717, 1.165) is 5.56 Å². The Labute approximate surface area is 90.4 Å². The molecule has 4 nitrogen and oxygen atoms in total. The van der Waals surface area contributed by atoms with Crippen LogP contribution in [-0.4, -0.2) is 22.4 Å². The van der Waals surface area contributed by atoms with E-state index in [2.05, 4.69) is 5.10 Å². The first kappa shape index (κ1) is 10.6. The van der Waals surface area contributed by atoms with Crippen LogP contribution in [0.5, 0.6) is 0 Å². The van der Waals surface area contributed by atoms with Crippen molar-refractivity contribution in [3.8, 4) is 0 Å². The molecule has 1 aromatic heterocycles. The van der Waals surface area contributed by atoms with Crippen molar-refractivity contribution in [2.45, 2.75) is 37.9 Å². The summed E-state index contributed by atoms with van der Waals surface area (Å²) in [6, 6.07) is 0. The van der Waals surface area contributed by atoms with Crippen LogP contribution in [0.25, 0.3) is 0 Å². The molecular weight excluding hydrogens is 190 g/mol. The number of aromatic nitrogens is 2. The molecule has 1 unspecified atom stereocenters. The maximum absolute atomic E-state index is 5.98. The van der Waals surface area contributed by atoms with E-state index in [1.165, 1.54) is 25.7 Å². The van der Waals surface area contributed by atoms with Crippen LogP contribution in [-0.2, 0) is 11.8 Å². The van der Waals surface area contributed by atoms with Gasteiger partial charge in [0.05, 0.1) is 18.4 Å². The monoisotopic (exact) mass is 209 g/mol. The molecule has 0 spiro atoms. The average Bonchev–Trinajstić information content (AvgIpc) is 2.85. The minimum Gasteiger partial charge on any atom is -0.369 e. The van der Waals surface area contributed by atoms with E-state index in [1.807, 2.05) is 19.4 Å². The Morgan fingerprint density at radius 3 is 2.87 bits per heavy atom. The molecule has 0 aliphatic heterocycles. The quantitative estimate of drug-likeness (QED) is 0.815. The van der Waals surface area contributed by atoms with Crippen LogP contribution < -0.4 is 5.73 Å². The average molecular weight is 209 g/mol. The maximum Gasteiger partial charge on any atom is 0.0981 e. The van der Waals surface area contributed by atoms with Crippen LogP contribution in [0.1, 0.15) is 37.4 Å². The van der Waals surface area contributed by atoms with Crippen molar-refractivity contribution < 1.29 is 4.74 Å². The van der Waals surface area contributed by atoms with E-state index in [0.29, 0.717) is 12.6 Å². The van der Waals surface area contributed by atoms with Crippen LogP contribution in [0.15, 0.2) is 12.4 Å². The zero-order valence-electron chi connectivity index (χ0n) is 9.22. The summed E-state index contributed by atoms with van der Waals surface area (Å²) in [4.78, 5) is 0. The summed E-state index contributed by atoms with van der Waals surface area (Å²) < 4.78 is 7.77. The second-order valence-electron chi connectivity index (χ2n) is 4.21. The summed E-state index contributed by atoms with van der Waals surface area (Å²) in [5, 5.41) is 4.14. The first-order valence-electron chi connectivity index (χ1n) is 5.63. The standard InChI is InChI=1S/C11H19N3O/c1-14-8-9(7-13-14)11(6-12)15-10-4-2-3-5-10/h7-8,10-11H,2-6,12H2,1H3. The van der Waals surface area contributed by atoms with Crippen LogP contribution in [0, 0.1) is 0 Å². The van der Waals surface area contributed by atoms with E-state index < -0.39 is 0 Å². The van der Waals surface area contributed by atoms with Gasteiger partial charge in [-0.2, -0.15) is 5.10 Å². The molecule has 0 aromatic carbocycles. The molecule has 84 valence electrons. The Balaban J connectivity index is 1.97. The third kappa shape index (κ3) is 2.58. The van der Waals surface area contributed by atoms with Crippen LogP contribution in [0.2, 0.25) is 0 Å². The van der Waals surface area contributed by atoms with E-state index in [-0.39, 0.29) is 6.10 Å². The van der Waals surface area contributed by atoms with Crippen LogP contribution in [0.3, 0.4) is 0 Å². The highest BCUT2D eigenvalue weighted by atomic mass is 16.5. The number of rotatable bonds is 4. The van der Waals surface area contributed by atoms with Crippen LogP contribution in [0.4, 0.5) is 0 Å². The number of nitrogens with zero attached hydrogens (tertiary/aromatic N) is 2. The highest BCUT2D eigenvalue weighted by Crippen LogP contribution is 2.26. The molecule has 2 rings (SSSR count). The van der Waals surface area contributed by atoms with Gasteiger partial charge in [-0.15, -0.1) is 0 Å². The molecular formula is C11H19N3O. The second kappa shape index (κ2) is 4.77. The summed E-state index contributed by atoms with van der Waals surface area (Å²) in [6.45, 7) is 0.530.